The van der Waals surface area contributed by atoms with Crippen LogP contribution in [0.4, 0.5) is 5.69 Å². The number of nitrogens with zero attached hydrogens (tertiary/aromatic N) is 1. The molecule has 0 aromatic heterocycles. The zero-order valence-corrected chi connectivity index (χ0v) is 21.0. The highest BCUT2D eigenvalue weighted by Crippen LogP contribution is 2.33. The molecule has 0 spiro atoms. The normalized spacial score (nSPS) is 16.4. The van der Waals surface area contributed by atoms with E-state index in [2.05, 4.69) is 50.9 Å². The van der Waals surface area contributed by atoms with E-state index in [-0.39, 0.29) is 12.0 Å². The summed E-state index contributed by atoms with van der Waals surface area (Å²) in [5.41, 5.74) is 2.25. The largest absolute Gasteiger partial charge is 0.470 e. The van der Waals surface area contributed by atoms with E-state index in [0.717, 1.165) is 50.1 Å². The van der Waals surface area contributed by atoms with Crippen molar-refractivity contribution in [2.75, 3.05) is 31.5 Å². The molecule has 0 saturated carbocycles. The van der Waals surface area contributed by atoms with Gasteiger partial charge in [-0.2, -0.15) is 0 Å². The predicted molar refractivity (Wildman–Crippen MR) is 132 cm³/mol. The number of ether oxygens (including phenoxy) is 1. The first kappa shape index (κ1) is 24.6. The summed E-state index contributed by atoms with van der Waals surface area (Å²) in [5.74, 6) is 0.596. The minimum atomic E-state index is -3.60. The third-order valence-electron chi connectivity index (χ3n) is 5.95. The number of fused-ring (bicyclic) bond motifs is 1. The highest BCUT2D eigenvalue weighted by atomic mass is 32.2. The van der Waals surface area contributed by atoms with Gasteiger partial charge in [-0.1, -0.05) is 52.8 Å². The first-order chi connectivity index (χ1) is 15.1. The third-order valence-corrected chi connectivity index (χ3v) is 7.84. The van der Waals surface area contributed by atoms with Gasteiger partial charge in [-0.25, -0.2) is 8.42 Å². The average molecular weight is 459 g/mol. The smallest absolute Gasteiger partial charge is 0.220 e. The molecule has 5 nitrogen and oxygen atoms in total. The van der Waals surface area contributed by atoms with Gasteiger partial charge in [-0.3, -0.25) is 0 Å². The number of hydrogen-bond acceptors (Lipinski definition) is 5. The molecular formula is C26H38N2O3S. The molecule has 1 N–H and O–H groups in total. The minimum Gasteiger partial charge on any atom is -0.470 e. The van der Waals surface area contributed by atoms with E-state index < -0.39 is 15.3 Å². The Morgan fingerprint density at radius 1 is 1.00 bits per heavy atom. The van der Waals surface area contributed by atoms with Crippen LogP contribution in [0.1, 0.15) is 58.6 Å². The Labute approximate surface area is 194 Å². The first-order valence-corrected chi connectivity index (χ1v) is 13.3. The van der Waals surface area contributed by atoms with E-state index in [1.807, 2.05) is 24.3 Å². The van der Waals surface area contributed by atoms with E-state index in [1.54, 1.807) is 12.1 Å². The van der Waals surface area contributed by atoms with E-state index in [9.17, 15) is 8.42 Å². The summed E-state index contributed by atoms with van der Waals surface area (Å²) in [5, 5.41) is 3.28. The Morgan fingerprint density at radius 2 is 1.66 bits per heavy atom. The van der Waals surface area contributed by atoms with Crippen LogP contribution in [0.25, 0.3) is 0 Å². The van der Waals surface area contributed by atoms with E-state index in [0.29, 0.717) is 10.6 Å². The van der Waals surface area contributed by atoms with Gasteiger partial charge < -0.3 is 15.0 Å². The molecule has 0 radical (unpaired) electrons. The molecular weight excluding hydrogens is 420 g/mol. The molecule has 3 rings (SSSR count). The van der Waals surface area contributed by atoms with E-state index in [4.69, 9.17) is 4.74 Å². The molecule has 32 heavy (non-hydrogen) atoms. The molecule has 176 valence electrons. The van der Waals surface area contributed by atoms with E-state index >= 15 is 0 Å². The van der Waals surface area contributed by atoms with Gasteiger partial charge >= 0.3 is 0 Å². The van der Waals surface area contributed by atoms with Crippen LogP contribution >= 0.6 is 0 Å². The number of hydrogen-bond donors (Lipinski definition) is 1. The van der Waals surface area contributed by atoms with Crippen molar-refractivity contribution in [1.29, 1.82) is 0 Å². The summed E-state index contributed by atoms with van der Waals surface area (Å²) < 4.78 is 32.3. The fourth-order valence-corrected chi connectivity index (χ4v) is 5.43. The second-order valence-corrected chi connectivity index (χ2v) is 11.8. The molecule has 1 unspecified atom stereocenters. The van der Waals surface area contributed by atoms with Gasteiger partial charge in [0, 0.05) is 6.54 Å². The molecule has 1 aliphatic rings. The molecule has 1 aliphatic heterocycles. The SMILES string of the molecule is CCCN(CCC)CCc1ccc2c(c1)NCC(S(=O)(=O)c1ccc(C(C)(C)C)cc1)O2. The van der Waals surface area contributed by atoms with Gasteiger partial charge in [0.05, 0.1) is 17.1 Å². The van der Waals surface area contributed by atoms with Gasteiger partial charge in [0.25, 0.3) is 0 Å². The molecule has 6 heteroatoms. The van der Waals surface area contributed by atoms with Gasteiger partial charge in [0.15, 0.2) is 0 Å². The Morgan fingerprint density at radius 3 is 2.25 bits per heavy atom. The van der Waals surface area contributed by atoms with Crippen LogP contribution in [0.5, 0.6) is 5.75 Å². The van der Waals surface area contributed by atoms with Gasteiger partial charge in [0.2, 0.25) is 15.3 Å². The Hall–Kier alpha value is -2.05. The van der Waals surface area contributed by atoms with Crippen LogP contribution in [0, 0.1) is 0 Å². The van der Waals surface area contributed by atoms with Crippen molar-refractivity contribution in [2.45, 2.75) is 69.6 Å². The lowest BCUT2D eigenvalue weighted by molar-refractivity contribution is 0.274. The lowest BCUT2D eigenvalue weighted by atomic mass is 9.87. The summed E-state index contributed by atoms with van der Waals surface area (Å²) in [6.07, 6.45) is 3.29. The van der Waals surface area contributed by atoms with Crippen LogP contribution in [0.2, 0.25) is 0 Å². The van der Waals surface area contributed by atoms with E-state index in [1.165, 1.54) is 5.56 Å². The number of anilines is 1. The third kappa shape index (κ3) is 5.84. The zero-order chi connectivity index (χ0) is 23.4. The molecule has 2 aromatic carbocycles. The molecule has 1 atom stereocenters. The molecule has 0 aliphatic carbocycles. The summed E-state index contributed by atoms with van der Waals surface area (Å²) in [4.78, 5) is 2.79. The zero-order valence-electron chi connectivity index (χ0n) is 20.1. The molecule has 0 saturated heterocycles. The summed E-state index contributed by atoms with van der Waals surface area (Å²) in [7, 11) is -3.60. The van der Waals surface area contributed by atoms with Gasteiger partial charge in [-0.15, -0.1) is 0 Å². The number of nitrogens with one attached hydrogen (secondary N) is 1. The van der Waals surface area contributed by atoms with Crippen molar-refractivity contribution >= 4 is 15.5 Å². The maximum Gasteiger partial charge on any atom is 0.220 e. The predicted octanol–water partition coefficient (Wildman–Crippen LogP) is 5.25. The lowest BCUT2D eigenvalue weighted by Gasteiger charge is -2.28. The maximum atomic E-state index is 13.2. The van der Waals surface area contributed by atoms with Crippen molar-refractivity contribution in [2.24, 2.45) is 0 Å². The number of rotatable bonds is 9. The highest BCUT2D eigenvalue weighted by molar-refractivity contribution is 7.92. The van der Waals surface area contributed by atoms with Crippen molar-refractivity contribution in [3.63, 3.8) is 0 Å². The standard InChI is InChI=1S/C26H38N2O3S/c1-6-15-28(16-7-2)17-14-20-8-13-24-23(18-20)27-19-25(31-24)32(29,30)22-11-9-21(10-12-22)26(3,4)5/h8-13,18,25,27H,6-7,14-17,19H2,1-5H3. The summed E-state index contributed by atoms with van der Waals surface area (Å²) >= 11 is 0. The Balaban J connectivity index is 1.69. The summed E-state index contributed by atoms with van der Waals surface area (Å²) in [6, 6.07) is 13.2. The fourth-order valence-electron chi connectivity index (χ4n) is 4.07. The van der Waals surface area contributed by atoms with Crippen molar-refractivity contribution in [3.8, 4) is 5.75 Å². The maximum absolute atomic E-state index is 13.2. The van der Waals surface area contributed by atoms with Crippen molar-refractivity contribution in [3.05, 3.63) is 53.6 Å². The van der Waals surface area contributed by atoms with Gasteiger partial charge in [-0.05, 0) is 73.2 Å². The second-order valence-electron chi connectivity index (χ2n) is 9.67. The highest BCUT2D eigenvalue weighted by Gasteiger charge is 2.33. The van der Waals surface area contributed by atoms with Gasteiger partial charge in [0.1, 0.15) is 5.75 Å². The molecule has 1 heterocycles. The Bertz CT molecular complexity index is 989. The molecule has 0 bridgehead atoms. The van der Waals surface area contributed by atoms with Crippen molar-refractivity contribution in [1.82, 2.24) is 4.90 Å². The van der Waals surface area contributed by atoms with Crippen LogP contribution < -0.4 is 10.1 Å². The first-order valence-electron chi connectivity index (χ1n) is 11.8. The summed E-state index contributed by atoms with van der Waals surface area (Å²) in [6.45, 7) is 14.3. The number of benzene rings is 2. The quantitative estimate of drug-likeness (QED) is 0.556. The molecule has 2 aromatic rings. The van der Waals surface area contributed by atoms with Crippen LogP contribution in [0.3, 0.4) is 0 Å². The van der Waals surface area contributed by atoms with Crippen molar-refractivity contribution < 1.29 is 13.2 Å². The topological polar surface area (TPSA) is 58.6 Å². The fraction of sp³-hybridized carbons (Fsp3) is 0.538. The second kappa shape index (κ2) is 10.3. The van der Waals surface area contributed by atoms with Crippen LogP contribution in [0.15, 0.2) is 47.4 Å². The monoisotopic (exact) mass is 458 g/mol. The van der Waals surface area contributed by atoms with Crippen LogP contribution in [-0.4, -0.2) is 44.9 Å². The molecule has 0 fully saturated rings. The Kier molecular flexibility index (Phi) is 7.88. The lowest BCUT2D eigenvalue weighted by Crippen LogP contribution is -2.37. The number of sulfone groups is 1. The van der Waals surface area contributed by atoms with Crippen LogP contribution in [-0.2, 0) is 21.7 Å². The molecule has 0 amide bonds. The average Bonchev–Trinajstić information content (AvgIpc) is 2.76. The minimum absolute atomic E-state index is 0.0219.